The Morgan fingerprint density at radius 3 is 2.62 bits per heavy atom. The van der Waals surface area contributed by atoms with E-state index in [-0.39, 0.29) is 24.7 Å². The van der Waals surface area contributed by atoms with Gasteiger partial charge in [-0.15, -0.1) is 0 Å². The summed E-state index contributed by atoms with van der Waals surface area (Å²) >= 11 is 0. The lowest BCUT2D eigenvalue weighted by molar-refractivity contribution is -0.0728. The smallest absolute Gasteiger partial charge is 0.146 e. The highest BCUT2D eigenvalue weighted by atomic mass is 19.1. The number of halogens is 1. The number of fused-ring (bicyclic) bond motifs is 1. The van der Waals surface area contributed by atoms with Crippen molar-refractivity contribution >= 4 is 5.69 Å². The van der Waals surface area contributed by atoms with Crippen molar-refractivity contribution in [2.75, 3.05) is 71.7 Å². The highest BCUT2D eigenvalue weighted by Crippen LogP contribution is 2.35. The first kappa shape index (κ1) is 27.6. The Balaban J connectivity index is 1.48. The zero-order valence-electron chi connectivity index (χ0n) is 21.7. The average Bonchev–Trinajstić information content (AvgIpc) is 2.95. The first-order valence-electron chi connectivity index (χ1n) is 12.9. The van der Waals surface area contributed by atoms with Crippen LogP contribution in [-0.2, 0) is 20.8 Å². The van der Waals surface area contributed by atoms with E-state index in [4.69, 9.17) is 28.8 Å². The van der Waals surface area contributed by atoms with Gasteiger partial charge in [-0.1, -0.05) is 18.2 Å². The fourth-order valence-corrected chi connectivity index (χ4v) is 4.97. The maximum atomic E-state index is 13.8. The van der Waals surface area contributed by atoms with Crippen molar-refractivity contribution in [3.63, 3.8) is 0 Å². The second-order valence-corrected chi connectivity index (χ2v) is 9.44. The van der Waals surface area contributed by atoms with E-state index in [0.29, 0.717) is 26.3 Å². The lowest BCUT2D eigenvalue weighted by atomic mass is 9.85. The Bertz CT molecular complexity index is 962. The molecular formula is C28H39FN2O6. The van der Waals surface area contributed by atoms with Crippen LogP contribution in [0, 0.1) is 0 Å². The third kappa shape index (κ3) is 7.33. The van der Waals surface area contributed by atoms with Crippen LogP contribution in [-0.4, -0.2) is 90.3 Å². The van der Waals surface area contributed by atoms with E-state index in [1.165, 1.54) is 0 Å². The van der Waals surface area contributed by atoms with Crippen molar-refractivity contribution in [3.05, 3.63) is 53.6 Å². The van der Waals surface area contributed by atoms with Gasteiger partial charge in [0.25, 0.3) is 0 Å². The lowest BCUT2D eigenvalue weighted by Crippen LogP contribution is -2.51. The highest BCUT2D eigenvalue weighted by Gasteiger charge is 2.36. The van der Waals surface area contributed by atoms with Gasteiger partial charge in [-0.25, -0.2) is 4.39 Å². The van der Waals surface area contributed by atoms with Gasteiger partial charge in [-0.2, -0.15) is 0 Å². The van der Waals surface area contributed by atoms with Crippen molar-refractivity contribution in [1.29, 1.82) is 0 Å². The molecule has 0 aliphatic carbocycles. The molecule has 2 heterocycles. The van der Waals surface area contributed by atoms with Crippen LogP contribution in [0.5, 0.6) is 11.5 Å². The molecule has 0 saturated carbocycles. The van der Waals surface area contributed by atoms with Crippen molar-refractivity contribution < 1.29 is 33.2 Å². The molecule has 2 aromatic rings. The van der Waals surface area contributed by atoms with Crippen LogP contribution >= 0.6 is 0 Å². The first-order chi connectivity index (χ1) is 18.1. The van der Waals surface area contributed by atoms with E-state index >= 15 is 0 Å². The van der Waals surface area contributed by atoms with Gasteiger partial charge >= 0.3 is 0 Å². The number of hydrogen-bond acceptors (Lipinski definition) is 8. The fourth-order valence-electron chi connectivity index (χ4n) is 4.97. The lowest BCUT2D eigenvalue weighted by Gasteiger charge is -2.39. The number of hydrogen-bond donors (Lipinski definition) is 2. The quantitative estimate of drug-likeness (QED) is 0.392. The SMILES string of the molecule is COCCCN1CCOc2ccc(CO[C@H]3CNC[C@@H](OC[C@H](F)CO)[C@@H]3c3ccc(OC)cc3)cc21. The maximum Gasteiger partial charge on any atom is 0.146 e. The zero-order valence-corrected chi connectivity index (χ0v) is 21.7. The Labute approximate surface area is 218 Å². The Morgan fingerprint density at radius 1 is 1.11 bits per heavy atom. The van der Waals surface area contributed by atoms with Gasteiger partial charge in [0.2, 0.25) is 0 Å². The van der Waals surface area contributed by atoms with Crippen LogP contribution < -0.4 is 19.7 Å². The van der Waals surface area contributed by atoms with Crippen LogP contribution in [0.25, 0.3) is 0 Å². The monoisotopic (exact) mass is 518 g/mol. The van der Waals surface area contributed by atoms with Gasteiger partial charge in [-0.3, -0.25) is 0 Å². The van der Waals surface area contributed by atoms with E-state index < -0.39 is 12.8 Å². The van der Waals surface area contributed by atoms with Crippen LogP contribution in [0.2, 0.25) is 0 Å². The molecule has 0 unspecified atom stereocenters. The summed E-state index contributed by atoms with van der Waals surface area (Å²) in [6, 6.07) is 14.0. The van der Waals surface area contributed by atoms with Gasteiger partial charge in [0.15, 0.2) is 0 Å². The number of ether oxygens (including phenoxy) is 5. The summed E-state index contributed by atoms with van der Waals surface area (Å²) in [4.78, 5) is 2.34. The van der Waals surface area contributed by atoms with Crippen molar-refractivity contribution in [1.82, 2.24) is 5.32 Å². The van der Waals surface area contributed by atoms with Crippen molar-refractivity contribution in [2.45, 2.75) is 37.3 Å². The van der Waals surface area contributed by atoms with Crippen LogP contribution in [0.1, 0.15) is 23.5 Å². The molecule has 37 heavy (non-hydrogen) atoms. The Morgan fingerprint density at radius 2 is 1.89 bits per heavy atom. The van der Waals surface area contributed by atoms with Crippen LogP contribution in [0.15, 0.2) is 42.5 Å². The average molecular weight is 519 g/mol. The summed E-state index contributed by atoms with van der Waals surface area (Å²) < 4.78 is 42.6. The van der Waals surface area contributed by atoms with Gasteiger partial charge in [-0.05, 0) is 41.8 Å². The molecule has 9 heteroatoms. The number of methoxy groups -OCH3 is 2. The summed E-state index contributed by atoms with van der Waals surface area (Å²) in [5, 5.41) is 12.5. The Hall–Kier alpha value is -2.43. The molecule has 0 amide bonds. The number of benzene rings is 2. The molecule has 0 radical (unpaired) electrons. The van der Waals surface area contributed by atoms with Gasteiger partial charge in [0.05, 0.1) is 51.4 Å². The second kappa shape index (κ2) is 13.9. The van der Waals surface area contributed by atoms with E-state index in [1.807, 2.05) is 36.4 Å². The number of rotatable bonds is 13. The van der Waals surface area contributed by atoms with Crippen LogP contribution in [0.4, 0.5) is 10.1 Å². The van der Waals surface area contributed by atoms with Gasteiger partial charge < -0.3 is 39.0 Å². The minimum absolute atomic E-state index is 0.107. The molecule has 2 aromatic carbocycles. The van der Waals surface area contributed by atoms with Crippen LogP contribution in [0.3, 0.4) is 0 Å². The minimum Gasteiger partial charge on any atom is -0.497 e. The molecule has 204 valence electrons. The summed E-state index contributed by atoms with van der Waals surface area (Å²) in [7, 11) is 3.36. The largest absolute Gasteiger partial charge is 0.497 e. The number of nitrogens with one attached hydrogen (secondary N) is 1. The third-order valence-corrected chi connectivity index (χ3v) is 6.91. The zero-order chi connectivity index (χ0) is 26.0. The molecule has 8 nitrogen and oxygen atoms in total. The van der Waals surface area contributed by atoms with E-state index in [1.54, 1.807) is 14.2 Å². The molecule has 0 aromatic heterocycles. The van der Waals surface area contributed by atoms with E-state index in [9.17, 15) is 4.39 Å². The van der Waals surface area contributed by atoms with Crippen molar-refractivity contribution in [3.8, 4) is 11.5 Å². The van der Waals surface area contributed by atoms with Crippen molar-refractivity contribution in [2.24, 2.45) is 0 Å². The fraction of sp³-hybridized carbons (Fsp3) is 0.571. The summed E-state index contributed by atoms with van der Waals surface area (Å²) in [5.74, 6) is 1.55. The first-order valence-corrected chi connectivity index (χ1v) is 12.9. The van der Waals surface area contributed by atoms with E-state index in [0.717, 1.165) is 54.4 Å². The third-order valence-electron chi connectivity index (χ3n) is 6.91. The summed E-state index contributed by atoms with van der Waals surface area (Å²) in [6.45, 7) is 4.07. The predicted molar refractivity (Wildman–Crippen MR) is 140 cm³/mol. The Kier molecular flexibility index (Phi) is 10.4. The molecule has 2 aliphatic heterocycles. The van der Waals surface area contributed by atoms with Gasteiger partial charge in [0.1, 0.15) is 24.3 Å². The molecule has 0 spiro atoms. The predicted octanol–water partition coefficient (Wildman–Crippen LogP) is 2.92. The summed E-state index contributed by atoms with van der Waals surface area (Å²) in [5.41, 5.74) is 3.18. The summed E-state index contributed by atoms with van der Waals surface area (Å²) in [6.07, 6.45) is -0.956. The number of piperidine rings is 1. The molecular weight excluding hydrogens is 479 g/mol. The molecule has 4 rings (SSSR count). The minimum atomic E-state index is -1.41. The molecule has 4 atom stereocenters. The van der Waals surface area contributed by atoms with Gasteiger partial charge in [0, 0.05) is 39.3 Å². The maximum absolute atomic E-state index is 13.8. The number of aliphatic hydroxyl groups excluding tert-OH is 1. The normalized spacial score (nSPS) is 22.3. The molecule has 2 N–H and O–H groups in total. The topological polar surface area (TPSA) is 81.7 Å². The molecule has 1 saturated heterocycles. The number of anilines is 1. The molecule has 2 aliphatic rings. The number of alkyl halides is 1. The molecule has 1 fully saturated rings. The number of aliphatic hydroxyl groups is 1. The van der Waals surface area contributed by atoms with E-state index in [2.05, 4.69) is 16.3 Å². The second-order valence-electron chi connectivity index (χ2n) is 9.44. The molecule has 0 bridgehead atoms. The highest BCUT2D eigenvalue weighted by molar-refractivity contribution is 5.61. The standard InChI is InChI=1S/C28H39FN2O6/c1-33-12-3-10-31-11-13-35-25-9-4-20(14-24(25)31)18-36-26-15-30-16-27(37-19-22(29)17-32)28(26)21-5-7-23(34-2)8-6-21/h4-9,14,22,26-28,30,32H,3,10-13,15-19H2,1-2H3/t22-,26+,27-,28-/m1/s1. The number of nitrogens with zero attached hydrogens (tertiary/aromatic N) is 1.